The van der Waals surface area contributed by atoms with Crippen LogP contribution >= 0.6 is 0 Å². The first-order valence-electron chi connectivity index (χ1n) is 3.59. The highest BCUT2D eigenvalue weighted by atomic mass is 16.5. The van der Waals surface area contributed by atoms with Gasteiger partial charge in [0.2, 0.25) is 0 Å². The molecule has 0 aromatic carbocycles. The molecule has 62 valence electrons. The Labute approximate surface area is 62.7 Å². The Morgan fingerprint density at radius 1 is 1.40 bits per heavy atom. The largest absolute Gasteiger partial charge is 0.383 e. The predicted octanol–water partition coefficient (Wildman–Crippen LogP) is 0.257. The Kier molecular flexibility index (Phi) is 6.91. The minimum Gasteiger partial charge on any atom is -0.383 e. The van der Waals surface area contributed by atoms with E-state index in [0.29, 0.717) is 12.6 Å². The van der Waals surface area contributed by atoms with Crippen LogP contribution in [0.25, 0.3) is 0 Å². The summed E-state index contributed by atoms with van der Waals surface area (Å²) in [5.41, 5.74) is 0. The van der Waals surface area contributed by atoms with E-state index in [9.17, 15) is 0 Å². The van der Waals surface area contributed by atoms with E-state index >= 15 is 0 Å². The molecule has 0 radical (unpaired) electrons. The molecule has 0 bridgehead atoms. The molecule has 0 aliphatic carbocycles. The smallest absolute Gasteiger partial charge is 0.0641 e. The summed E-state index contributed by atoms with van der Waals surface area (Å²) >= 11 is 0. The molecule has 1 unspecified atom stereocenters. The molecule has 0 saturated carbocycles. The molecule has 0 aliphatic rings. The van der Waals surface area contributed by atoms with Gasteiger partial charge in [-0.15, -0.1) is 0 Å². The lowest BCUT2D eigenvalue weighted by Gasteiger charge is -2.13. The Morgan fingerprint density at radius 2 is 2.10 bits per heavy atom. The maximum Gasteiger partial charge on any atom is 0.0641 e. The first-order chi connectivity index (χ1) is 4.85. The Morgan fingerprint density at radius 3 is 2.50 bits per heavy atom. The fourth-order valence-electron chi connectivity index (χ4n) is 0.676. The Bertz CT molecular complexity index is 68.6. The second-order valence-corrected chi connectivity index (χ2v) is 2.10. The molecule has 0 aliphatic heterocycles. The van der Waals surface area contributed by atoms with E-state index in [1.165, 1.54) is 0 Å². The number of methoxy groups -OCH3 is 1. The minimum absolute atomic E-state index is 0.324. The van der Waals surface area contributed by atoms with Crippen molar-refractivity contribution in [2.45, 2.75) is 13.0 Å². The van der Waals surface area contributed by atoms with Crippen molar-refractivity contribution in [1.29, 1.82) is 0 Å². The predicted molar refractivity (Wildman–Crippen MR) is 41.2 cm³/mol. The number of likely N-dealkylation sites (N-methyl/N-ethyl adjacent to an activating group) is 1. The van der Waals surface area contributed by atoms with Crippen molar-refractivity contribution in [3.63, 3.8) is 0 Å². The lowest BCUT2D eigenvalue weighted by molar-refractivity contribution is 0.0838. The zero-order valence-electron chi connectivity index (χ0n) is 7.02. The number of hydrogen-bond acceptors (Lipinski definition) is 3. The van der Waals surface area contributed by atoms with Crippen LogP contribution in [0.15, 0.2) is 0 Å². The Hall–Kier alpha value is -0.120. The highest BCUT2D eigenvalue weighted by molar-refractivity contribution is 4.60. The van der Waals surface area contributed by atoms with Gasteiger partial charge < -0.3 is 14.8 Å². The fourth-order valence-corrected chi connectivity index (χ4v) is 0.676. The topological polar surface area (TPSA) is 30.5 Å². The van der Waals surface area contributed by atoms with Gasteiger partial charge in [-0.3, -0.25) is 0 Å². The Balaban J connectivity index is 3.21. The van der Waals surface area contributed by atoms with Gasteiger partial charge in [-0.1, -0.05) is 0 Å². The van der Waals surface area contributed by atoms with E-state index in [4.69, 9.17) is 9.47 Å². The van der Waals surface area contributed by atoms with Crippen molar-refractivity contribution in [3.8, 4) is 0 Å². The van der Waals surface area contributed by atoms with Gasteiger partial charge in [0.1, 0.15) is 0 Å². The molecule has 10 heavy (non-hydrogen) atoms. The summed E-state index contributed by atoms with van der Waals surface area (Å²) in [6, 6.07) is 0.324. The van der Waals surface area contributed by atoms with Gasteiger partial charge in [-0.05, 0) is 14.0 Å². The summed E-state index contributed by atoms with van der Waals surface area (Å²) in [6.45, 7) is 4.18. The van der Waals surface area contributed by atoms with Crippen molar-refractivity contribution < 1.29 is 9.47 Å². The molecular formula is C7H17NO2. The van der Waals surface area contributed by atoms with Crippen LogP contribution in [-0.4, -0.2) is 40.0 Å². The van der Waals surface area contributed by atoms with E-state index in [0.717, 1.165) is 13.2 Å². The second-order valence-electron chi connectivity index (χ2n) is 2.10. The van der Waals surface area contributed by atoms with Crippen LogP contribution < -0.4 is 5.32 Å². The molecule has 0 heterocycles. The summed E-state index contributed by atoms with van der Waals surface area (Å²) in [5.74, 6) is 0. The van der Waals surface area contributed by atoms with E-state index in [1.54, 1.807) is 7.11 Å². The third-order valence-corrected chi connectivity index (χ3v) is 1.30. The highest BCUT2D eigenvalue weighted by Gasteiger charge is 2.03. The van der Waals surface area contributed by atoms with Gasteiger partial charge in [-0.2, -0.15) is 0 Å². The van der Waals surface area contributed by atoms with Crippen LogP contribution in [0.3, 0.4) is 0 Å². The normalized spacial score (nSPS) is 13.5. The van der Waals surface area contributed by atoms with Gasteiger partial charge in [0.25, 0.3) is 0 Å². The van der Waals surface area contributed by atoms with Crippen molar-refractivity contribution in [2.24, 2.45) is 0 Å². The average molecular weight is 147 g/mol. The molecule has 0 spiro atoms. The van der Waals surface area contributed by atoms with E-state index in [-0.39, 0.29) is 0 Å². The van der Waals surface area contributed by atoms with Gasteiger partial charge in [0.15, 0.2) is 0 Å². The first kappa shape index (κ1) is 9.88. The van der Waals surface area contributed by atoms with Gasteiger partial charge >= 0.3 is 0 Å². The molecule has 0 aromatic rings. The first-order valence-corrected chi connectivity index (χ1v) is 3.59. The summed E-state index contributed by atoms with van der Waals surface area (Å²) in [5, 5.41) is 3.09. The zero-order chi connectivity index (χ0) is 7.82. The van der Waals surface area contributed by atoms with Gasteiger partial charge in [0.05, 0.1) is 19.3 Å². The summed E-state index contributed by atoms with van der Waals surface area (Å²) in [4.78, 5) is 0. The molecule has 0 saturated heterocycles. The molecule has 0 rings (SSSR count). The van der Waals surface area contributed by atoms with Crippen molar-refractivity contribution in [2.75, 3.05) is 34.0 Å². The van der Waals surface area contributed by atoms with Crippen LogP contribution in [-0.2, 0) is 9.47 Å². The van der Waals surface area contributed by atoms with Crippen LogP contribution in [0.5, 0.6) is 0 Å². The molecule has 0 aromatic heterocycles. The lowest BCUT2D eigenvalue weighted by atomic mass is 10.3. The average Bonchev–Trinajstić information content (AvgIpc) is 1.98. The standard InChI is InChI=1S/C7H17NO2/c1-4-10-6-7(8-2)5-9-3/h7-8H,4-6H2,1-3H3. The third-order valence-electron chi connectivity index (χ3n) is 1.30. The highest BCUT2D eigenvalue weighted by Crippen LogP contribution is 1.85. The maximum absolute atomic E-state index is 5.20. The van der Waals surface area contributed by atoms with Crippen LogP contribution in [0.2, 0.25) is 0 Å². The summed E-state index contributed by atoms with van der Waals surface area (Å²) in [7, 11) is 3.60. The number of rotatable bonds is 6. The third kappa shape index (κ3) is 4.73. The molecule has 1 atom stereocenters. The minimum atomic E-state index is 0.324. The van der Waals surface area contributed by atoms with E-state index < -0.39 is 0 Å². The summed E-state index contributed by atoms with van der Waals surface area (Å²) < 4.78 is 10.1. The van der Waals surface area contributed by atoms with Crippen molar-refractivity contribution >= 4 is 0 Å². The lowest BCUT2D eigenvalue weighted by Crippen LogP contribution is -2.34. The quantitative estimate of drug-likeness (QED) is 0.584. The summed E-state index contributed by atoms with van der Waals surface area (Å²) in [6.07, 6.45) is 0. The number of hydrogen-bond donors (Lipinski definition) is 1. The van der Waals surface area contributed by atoms with Crippen LogP contribution in [0.4, 0.5) is 0 Å². The second kappa shape index (κ2) is 6.99. The number of ether oxygens (including phenoxy) is 2. The maximum atomic E-state index is 5.20. The molecule has 3 heteroatoms. The monoisotopic (exact) mass is 147 g/mol. The molecule has 3 nitrogen and oxygen atoms in total. The fraction of sp³-hybridized carbons (Fsp3) is 1.00. The van der Waals surface area contributed by atoms with E-state index in [1.807, 2.05) is 14.0 Å². The van der Waals surface area contributed by atoms with Crippen molar-refractivity contribution in [1.82, 2.24) is 5.32 Å². The molecular weight excluding hydrogens is 130 g/mol. The van der Waals surface area contributed by atoms with Crippen LogP contribution in [0.1, 0.15) is 6.92 Å². The molecule has 1 N–H and O–H groups in total. The van der Waals surface area contributed by atoms with Gasteiger partial charge in [-0.25, -0.2) is 0 Å². The van der Waals surface area contributed by atoms with Crippen molar-refractivity contribution in [3.05, 3.63) is 0 Å². The SMILES string of the molecule is CCOCC(COC)NC. The van der Waals surface area contributed by atoms with Gasteiger partial charge in [0, 0.05) is 13.7 Å². The van der Waals surface area contributed by atoms with Crippen LogP contribution in [0, 0.1) is 0 Å². The molecule has 0 amide bonds. The molecule has 0 fully saturated rings. The number of nitrogens with one attached hydrogen (secondary N) is 1. The van der Waals surface area contributed by atoms with E-state index in [2.05, 4.69) is 5.32 Å². The zero-order valence-corrected chi connectivity index (χ0v) is 7.02.